The van der Waals surface area contributed by atoms with Gasteiger partial charge in [-0.05, 0) is 36.1 Å². The second-order valence-corrected chi connectivity index (χ2v) is 8.06. The van der Waals surface area contributed by atoms with E-state index in [0.717, 1.165) is 27.1 Å². The maximum Gasteiger partial charge on any atom is 0.316 e. The van der Waals surface area contributed by atoms with E-state index in [1.807, 2.05) is 55.5 Å². The van der Waals surface area contributed by atoms with Gasteiger partial charge in [0.25, 0.3) is 0 Å². The zero-order valence-electron chi connectivity index (χ0n) is 15.7. The van der Waals surface area contributed by atoms with E-state index in [2.05, 4.69) is 26.6 Å². The minimum absolute atomic E-state index is 0.142. The lowest BCUT2D eigenvalue weighted by atomic mass is 9.75. The number of para-hydroxylation sites is 2. The molecule has 1 aliphatic carbocycles. The summed E-state index contributed by atoms with van der Waals surface area (Å²) in [5, 5.41) is 6.96. The molecule has 2 aromatic rings. The molecule has 28 heavy (non-hydrogen) atoms. The monoisotopic (exact) mass is 440 g/mol. The number of hydrogen-bond donors (Lipinski definition) is 2. The van der Waals surface area contributed by atoms with Gasteiger partial charge in [0.05, 0.1) is 24.5 Å². The number of hydrogen-bond acceptors (Lipinski definition) is 5. The van der Waals surface area contributed by atoms with Gasteiger partial charge in [0.1, 0.15) is 5.92 Å². The van der Waals surface area contributed by atoms with Crippen LogP contribution in [0.4, 0.5) is 11.4 Å². The normalized spacial score (nSPS) is 23.7. The van der Waals surface area contributed by atoms with Crippen LogP contribution in [0.5, 0.6) is 0 Å². The third-order valence-electron chi connectivity index (χ3n) is 5.44. The molecule has 0 radical (unpaired) electrons. The van der Waals surface area contributed by atoms with Crippen LogP contribution < -0.4 is 10.6 Å². The van der Waals surface area contributed by atoms with Gasteiger partial charge < -0.3 is 15.4 Å². The number of nitrogens with one attached hydrogen (secondary N) is 2. The number of esters is 1. The maximum absolute atomic E-state index is 13.5. The SMILES string of the molecule is COC(=O)[C@@H]1C(=O)C2=C(C[C@H]1C)Nc1ccccc1N[C@H]2c1ccccc1Br. The summed E-state index contributed by atoms with van der Waals surface area (Å²) in [6.45, 7) is 1.92. The molecule has 4 rings (SSSR count). The molecular formula is C22H21BrN2O3. The molecule has 6 heteroatoms. The minimum atomic E-state index is -0.793. The summed E-state index contributed by atoms with van der Waals surface area (Å²) in [7, 11) is 1.33. The Morgan fingerprint density at radius 2 is 1.79 bits per heavy atom. The fourth-order valence-corrected chi connectivity index (χ4v) is 4.59. The highest BCUT2D eigenvalue weighted by Gasteiger charge is 2.44. The molecule has 0 bridgehead atoms. The number of ether oxygens (including phenoxy) is 1. The van der Waals surface area contributed by atoms with Crippen molar-refractivity contribution in [3.05, 3.63) is 69.8 Å². The first kappa shape index (κ1) is 18.7. The quantitative estimate of drug-likeness (QED) is 0.524. The number of benzene rings is 2. The summed E-state index contributed by atoms with van der Waals surface area (Å²) in [6, 6.07) is 15.3. The van der Waals surface area contributed by atoms with Crippen molar-refractivity contribution < 1.29 is 14.3 Å². The van der Waals surface area contributed by atoms with Crippen LogP contribution in [-0.2, 0) is 14.3 Å². The smallest absolute Gasteiger partial charge is 0.316 e. The van der Waals surface area contributed by atoms with Gasteiger partial charge in [-0.15, -0.1) is 0 Å². The molecule has 144 valence electrons. The lowest BCUT2D eigenvalue weighted by Crippen LogP contribution is -2.39. The maximum atomic E-state index is 13.5. The van der Waals surface area contributed by atoms with Crippen molar-refractivity contribution in [2.24, 2.45) is 11.8 Å². The van der Waals surface area contributed by atoms with Crippen molar-refractivity contribution in [1.82, 2.24) is 0 Å². The van der Waals surface area contributed by atoms with Crippen molar-refractivity contribution >= 4 is 39.1 Å². The lowest BCUT2D eigenvalue weighted by molar-refractivity contribution is -0.151. The van der Waals surface area contributed by atoms with Gasteiger partial charge in [-0.1, -0.05) is 53.2 Å². The number of methoxy groups -OCH3 is 1. The highest BCUT2D eigenvalue weighted by molar-refractivity contribution is 9.10. The molecule has 0 unspecified atom stereocenters. The number of carbonyl (C=O) groups excluding carboxylic acids is 2. The fraction of sp³-hybridized carbons (Fsp3) is 0.273. The Morgan fingerprint density at radius 3 is 2.50 bits per heavy atom. The number of halogens is 1. The molecular weight excluding hydrogens is 420 g/mol. The van der Waals surface area contributed by atoms with E-state index < -0.39 is 11.9 Å². The lowest BCUT2D eigenvalue weighted by Gasteiger charge is -2.32. The van der Waals surface area contributed by atoms with Crippen LogP contribution >= 0.6 is 15.9 Å². The highest BCUT2D eigenvalue weighted by atomic mass is 79.9. The van der Waals surface area contributed by atoms with E-state index >= 15 is 0 Å². The van der Waals surface area contributed by atoms with Crippen LogP contribution in [-0.4, -0.2) is 18.9 Å². The van der Waals surface area contributed by atoms with Crippen molar-refractivity contribution in [1.29, 1.82) is 0 Å². The van der Waals surface area contributed by atoms with Crippen LogP contribution in [0, 0.1) is 11.8 Å². The second-order valence-electron chi connectivity index (χ2n) is 7.21. The standard InChI is InChI=1S/C22H21BrN2O3/c1-12-11-17-19(21(26)18(12)22(27)28-2)20(13-7-3-4-8-14(13)23)25-16-10-6-5-9-15(16)24-17/h3-10,12,18,20,24-25H,11H2,1-2H3/t12-,18+,20+/m1/s1. The molecule has 5 nitrogen and oxygen atoms in total. The number of rotatable bonds is 2. The van der Waals surface area contributed by atoms with Gasteiger partial charge in [-0.2, -0.15) is 0 Å². The first-order valence-corrected chi connectivity index (χ1v) is 10.0. The van der Waals surface area contributed by atoms with Gasteiger partial charge in [0, 0.05) is 15.7 Å². The van der Waals surface area contributed by atoms with Crippen LogP contribution in [0.2, 0.25) is 0 Å². The second kappa shape index (κ2) is 7.43. The number of fused-ring (bicyclic) bond motifs is 1. The van der Waals surface area contributed by atoms with Crippen LogP contribution in [0.15, 0.2) is 64.3 Å². The van der Waals surface area contributed by atoms with E-state index in [9.17, 15) is 9.59 Å². The van der Waals surface area contributed by atoms with E-state index in [0.29, 0.717) is 12.0 Å². The van der Waals surface area contributed by atoms with Gasteiger partial charge >= 0.3 is 5.97 Å². The Morgan fingerprint density at radius 1 is 1.11 bits per heavy atom. The van der Waals surface area contributed by atoms with E-state index in [1.54, 1.807) is 0 Å². The third-order valence-corrected chi connectivity index (χ3v) is 6.16. The Balaban J connectivity index is 1.90. The third kappa shape index (κ3) is 3.11. The van der Waals surface area contributed by atoms with Gasteiger partial charge in [-0.25, -0.2) is 0 Å². The summed E-state index contributed by atoms with van der Waals surface area (Å²) in [5.74, 6) is -1.60. The molecule has 3 atom stereocenters. The van der Waals surface area contributed by atoms with Gasteiger partial charge in [-0.3, -0.25) is 9.59 Å². The van der Waals surface area contributed by atoms with Crippen LogP contribution in [0.1, 0.15) is 24.9 Å². The number of allylic oxidation sites excluding steroid dienone is 1. The molecule has 0 aromatic heterocycles. The number of Topliss-reactive ketones (excluding diaryl/α,β-unsaturated/α-hetero) is 1. The predicted octanol–water partition coefficient (Wildman–Crippen LogP) is 4.68. The molecule has 0 saturated heterocycles. The largest absolute Gasteiger partial charge is 0.468 e. The van der Waals surface area contributed by atoms with Crippen LogP contribution in [0.3, 0.4) is 0 Å². The highest BCUT2D eigenvalue weighted by Crippen LogP contribution is 2.44. The molecule has 2 aromatic carbocycles. The Hall–Kier alpha value is -2.60. The Kier molecular flexibility index (Phi) is 4.98. The fourth-order valence-electron chi connectivity index (χ4n) is 4.08. The average molecular weight is 441 g/mol. The van der Waals surface area contributed by atoms with Crippen LogP contribution in [0.25, 0.3) is 0 Å². The van der Waals surface area contributed by atoms with Gasteiger partial charge in [0.15, 0.2) is 5.78 Å². The average Bonchev–Trinajstić information content (AvgIpc) is 2.84. The molecule has 0 saturated carbocycles. The predicted molar refractivity (Wildman–Crippen MR) is 112 cm³/mol. The zero-order valence-corrected chi connectivity index (χ0v) is 17.2. The Bertz CT molecular complexity index is 985. The molecule has 2 aliphatic rings. The first-order chi connectivity index (χ1) is 13.5. The number of carbonyl (C=O) groups is 2. The van der Waals surface area contributed by atoms with Crippen molar-refractivity contribution in [3.8, 4) is 0 Å². The van der Waals surface area contributed by atoms with E-state index in [-0.39, 0.29) is 17.7 Å². The summed E-state index contributed by atoms with van der Waals surface area (Å²) in [6.07, 6.45) is 0.595. The molecule has 1 aliphatic heterocycles. The summed E-state index contributed by atoms with van der Waals surface area (Å²) in [4.78, 5) is 25.9. The molecule has 0 spiro atoms. The molecule has 1 heterocycles. The number of anilines is 2. The van der Waals surface area contributed by atoms with E-state index in [1.165, 1.54) is 7.11 Å². The molecule has 0 amide bonds. The van der Waals surface area contributed by atoms with Gasteiger partial charge in [0.2, 0.25) is 0 Å². The molecule has 0 fully saturated rings. The summed E-state index contributed by atoms with van der Waals surface area (Å²) >= 11 is 3.62. The summed E-state index contributed by atoms with van der Waals surface area (Å²) < 4.78 is 5.84. The van der Waals surface area contributed by atoms with Crippen molar-refractivity contribution in [3.63, 3.8) is 0 Å². The minimum Gasteiger partial charge on any atom is -0.468 e. The zero-order chi connectivity index (χ0) is 19.8. The van der Waals surface area contributed by atoms with E-state index in [4.69, 9.17) is 4.74 Å². The number of ketones is 1. The Labute approximate surface area is 172 Å². The van der Waals surface area contributed by atoms with Crippen molar-refractivity contribution in [2.75, 3.05) is 17.7 Å². The topological polar surface area (TPSA) is 67.4 Å². The summed E-state index contributed by atoms with van der Waals surface area (Å²) in [5.41, 5.74) is 4.22. The van der Waals surface area contributed by atoms with Crippen molar-refractivity contribution in [2.45, 2.75) is 19.4 Å². The molecule has 2 N–H and O–H groups in total. The first-order valence-electron chi connectivity index (χ1n) is 9.23.